The van der Waals surface area contributed by atoms with Gasteiger partial charge in [0.15, 0.2) is 5.43 Å². The van der Waals surface area contributed by atoms with E-state index in [1.54, 1.807) is 6.92 Å². The molecule has 102 valence electrons. The van der Waals surface area contributed by atoms with Gasteiger partial charge in [0.2, 0.25) is 0 Å². The summed E-state index contributed by atoms with van der Waals surface area (Å²) in [5.74, 6) is -0.302. The van der Waals surface area contributed by atoms with Gasteiger partial charge in [-0.2, -0.15) is 0 Å². The number of carbonyl (C=O) groups excluding carboxylic acids is 1. The molecule has 20 heavy (non-hydrogen) atoms. The van der Waals surface area contributed by atoms with Gasteiger partial charge in [-0.15, -0.1) is 0 Å². The maximum atomic E-state index is 12.2. The Bertz CT molecular complexity index is 693. The molecular weight excluding hydrogens is 252 g/mol. The number of hydrogen-bond acceptors (Lipinski definition) is 2. The second-order valence-corrected chi connectivity index (χ2v) is 5.24. The molecule has 4 heteroatoms. The quantitative estimate of drug-likeness (QED) is 0.868. The Morgan fingerprint density at radius 1 is 1.25 bits per heavy atom. The molecule has 1 heterocycles. The average Bonchev–Trinajstić information content (AvgIpc) is 2.80. The van der Waals surface area contributed by atoms with Crippen LogP contribution in [0.5, 0.6) is 0 Å². The first-order valence-electron chi connectivity index (χ1n) is 6.70. The summed E-state index contributed by atoms with van der Waals surface area (Å²) < 4.78 is 0. The number of amides is 1. The summed E-state index contributed by atoms with van der Waals surface area (Å²) in [6.07, 6.45) is 3.13. The normalized spacial score (nSPS) is 14.1. The number of fused-ring (bicyclic) bond motifs is 1. The van der Waals surface area contributed by atoms with E-state index in [4.69, 9.17) is 0 Å². The van der Waals surface area contributed by atoms with E-state index in [0.717, 1.165) is 18.5 Å². The Balaban J connectivity index is 1.74. The summed E-state index contributed by atoms with van der Waals surface area (Å²) in [6, 6.07) is 9.70. The highest BCUT2D eigenvalue weighted by Crippen LogP contribution is 2.21. The maximum absolute atomic E-state index is 12.2. The summed E-state index contributed by atoms with van der Waals surface area (Å²) in [4.78, 5) is 26.8. The average molecular weight is 268 g/mol. The van der Waals surface area contributed by atoms with Crippen LogP contribution in [0.4, 0.5) is 0 Å². The summed E-state index contributed by atoms with van der Waals surface area (Å²) in [6.45, 7) is 1.79. The van der Waals surface area contributed by atoms with Crippen LogP contribution in [-0.2, 0) is 12.8 Å². The van der Waals surface area contributed by atoms with Crippen LogP contribution in [0.15, 0.2) is 41.3 Å². The third kappa shape index (κ3) is 2.37. The number of hydrogen-bond donors (Lipinski definition) is 2. The number of aromatic nitrogens is 1. The van der Waals surface area contributed by atoms with Crippen molar-refractivity contribution in [3.05, 3.63) is 69.1 Å². The van der Waals surface area contributed by atoms with Gasteiger partial charge in [-0.1, -0.05) is 24.3 Å². The highest BCUT2D eigenvalue weighted by Gasteiger charge is 2.23. The lowest BCUT2D eigenvalue weighted by atomic mass is 10.1. The number of benzene rings is 1. The fourth-order valence-electron chi connectivity index (χ4n) is 2.67. The lowest BCUT2D eigenvalue weighted by Gasteiger charge is -2.11. The number of aromatic amines is 1. The van der Waals surface area contributed by atoms with Crippen molar-refractivity contribution in [1.29, 1.82) is 0 Å². The Morgan fingerprint density at radius 3 is 2.50 bits per heavy atom. The topological polar surface area (TPSA) is 62.0 Å². The zero-order valence-corrected chi connectivity index (χ0v) is 11.3. The van der Waals surface area contributed by atoms with Crippen molar-refractivity contribution in [2.24, 2.45) is 0 Å². The second-order valence-electron chi connectivity index (χ2n) is 5.24. The van der Waals surface area contributed by atoms with Crippen LogP contribution in [0, 0.1) is 6.92 Å². The lowest BCUT2D eigenvalue weighted by Crippen LogP contribution is -2.37. The minimum absolute atomic E-state index is 0.0700. The first-order chi connectivity index (χ1) is 9.63. The molecule has 2 aromatic rings. The fraction of sp³-hybridized carbons (Fsp3) is 0.250. The molecule has 2 N–H and O–H groups in total. The smallest absolute Gasteiger partial charge is 0.256 e. The van der Waals surface area contributed by atoms with Crippen LogP contribution in [0.1, 0.15) is 27.2 Å². The number of rotatable bonds is 2. The van der Waals surface area contributed by atoms with Gasteiger partial charge in [-0.25, -0.2) is 0 Å². The highest BCUT2D eigenvalue weighted by atomic mass is 16.2. The predicted octanol–water partition coefficient (Wildman–Crippen LogP) is 1.58. The first-order valence-corrected chi connectivity index (χ1v) is 6.70. The molecule has 3 rings (SSSR count). The lowest BCUT2D eigenvalue weighted by molar-refractivity contribution is 0.0937. The first kappa shape index (κ1) is 12.7. The zero-order chi connectivity index (χ0) is 14.1. The van der Waals surface area contributed by atoms with Crippen LogP contribution in [0.2, 0.25) is 0 Å². The molecule has 1 amide bonds. The molecular formula is C16H16N2O2. The molecule has 1 aromatic heterocycles. The van der Waals surface area contributed by atoms with Gasteiger partial charge in [-0.3, -0.25) is 9.59 Å². The van der Waals surface area contributed by atoms with Gasteiger partial charge in [-0.05, 0) is 30.9 Å². The molecule has 1 aliphatic carbocycles. The van der Waals surface area contributed by atoms with Crippen LogP contribution in [0.25, 0.3) is 0 Å². The number of nitrogens with one attached hydrogen (secondary N) is 2. The highest BCUT2D eigenvalue weighted by molar-refractivity contribution is 5.94. The number of H-pyrrole nitrogens is 1. The monoisotopic (exact) mass is 268 g/mol. The Hall–Kier alpha value is -2.36. The molecule has 0 bridgehead atoms. The van der Waals surface area contributed by atoms with Crippen molar-refractivity contribution in [1.82, 2.24) is 10.3 Å². The third-order valence-electron chi connectivity index (χ3n) is 3.69. The number of carbonyl (C=O) groups is 1. The Morgan fingerprint density at radius 2 is 1.90 bits per heavy atom. The number of aryl methyl sites for hydroxylation is 1. The van der Waals surface area contributed by atoms with Crippen molar-refractivity contribution in [2.45, 2.75) is 25.8 Å². The van der Waals surface area contributed by atoms with Crippen molar-refractivity contribution >= 4 is 5.91 Å². The van der Waals surface area contributed by atoms with Crippen molar-refractivity contribution in [3.63, 3.8) is 0 Å². The van der Waals surface area contributed by atoms with Gasteiger partial charge >= 0.3 is 0 Å². The minimum Gasteiger partial charge on any atom is -0.364 e. The third-order valence-corrected chi connectivity index (χ3v) is 3.69. The fourth-order valence-corrected chi connectivity index (χ4v) is 2.67. The Labute approximate surface area is 116 Å². The SMILES string of the molecule is Cc1cc(=O)c(C(=O)NC2Cc3ccccc3C2)c[nH]1. The molecule has 1 aromatic carbocycles. The van der Waals surface area contributed by atoms with E-state index in [0.29, 0.717) is 0 Å². The van der Waals surface area contributed by atoms with Crippen molar-refractivity contribution in [2.75, 3.05) is 0 Å². The second kappa shape index (κ2) is 4.96. The molecule has 0 atom stereocenters. The van der Waals surface area contributed by atoms with E-state index in [-0.39, 0.29) is 22.9 Å². The molecule has 1 aliphatic rings. The summed E-state index contributed by atoms with van der Waals surface area (Å²) in [5.41, 5.74) is 3.23. The minimum atomic E-state index is -0.302. The van der Waals surface area contributed by atoms with E-state index in [9.17, 15) is 9.59 Å². The molecule has 0 saturated carbocycles. The van der Waals surface area contributed by atoms with Crippen LogP contribution < -0.4 is 10.7 Å². The van der Waals surface area contributed by atoms with E-state index in [2.05, 4.69) is 22.4 Å². The molecule has 4 nitrogen and oxygen atoms in total. The molecule has 0 spiro atoms. The molecule has 0 aliphatic heterocycles. The van der Waals surface area contributed by atoms with Crippen LogP contribution >= 0.6 is 0 Å². The van der Waals surface area contributed by atoms with Gasteiger partial charge in [0, 0.05) is 24.0 Å². The van der Waals surface area contributed by atoms with Gasteiger partial charge in [0.25, 0.3) is 5.91 Å². The molecule has 0 unspecified atom stereocenters. The molecule has 0 saturated heterocycles. The van der Waals surface area contributed by atoms with Gasteiger partial charge in [0.1, 0.15) is 5.56 Å². The van der Waals surface area contributed by atoms with Gasteiger partial charge < -0.3 is 10.3 Å². The van der Waals surface area contributed by atoms with Crippen molar-refractivity contribution in [3.8, 4) is 0 Å². The van der Waals surface area contributed by atoms with Gasteiger partial charge in [0.05, 0.1) is 0 Å². The van der Waals surface area contributed by atoms with E-state index in [1.165, 1.54) is 23.4 Å². The molecule has 0 fully saturated rings. The van der Waals surface area contributed by atoms with Crippen LogP contribution in [0.3, 0.4) is 0 Å². The van der Waals surface area contributed by atoms with E-state index >= 15 is 0 Å². The van der Waals surface area contributed by atoms with Crippen LogP contribution in [-0.4, -0.2) is 16.9 Å². The van der Waals surface area contributed by atoms with E-state index < -0.39 is 0 Å². The van der Waals surface area contributed by atoms with E-state index in [1.807, 2.05) is 12.1 Å². The summed E-state index contributed by atoms with van der Waals surface area (Å²) in [5, 5.41) is 2.94. The van der Waals surface area contributed by atoms with Crippen molar-refractivity contribution < 1.29 is 4.79 Å². The molecule has 0 radical (unpaired) electrons. The standard InChI is InChI=1S/C16H16N2O2/c1-10-6-15(19)14(9-17-10)16(20)18-13-7-11-4-2-3-5-12(11)8-13/h2-6,9,13H,7-8H2,1H3,(H,17,19)(H,18,20). The predicted molar refractivity (Wildman–Crippen MR) is 76.9 cm³/mol. The zero-order valence-electron chi connectivity index (χ0n) is 11.3. The largest absolute Gasteiger partial charge is 0.364 e. The summed E-state index contributed by atoms with van der Waals surface area (Å²) >= 11 is 0. The Kier molecular flexibility index (Phi) is 3.14. The summed E-state index contributed by atoms with van der Waals surface area (Å²) in [7, 11) is 0. The maximum Gasteiger partial charge on any atom is 0.256 e. The number of pyridine rings is 1.